The van der Waals surface area contributed by atoms with Gasteiger partial charge < -0.3 is 15.4 Å². The molecule has 0 saturated carbocycles. The number of nitrogens with two attached hydrogens (primary N) is 1. The van der Waals surface area contributed by atoms with Gasteiger partial charge in [-0.2, -0.15) is 0 Å². The topological polar surface area (TPSA) is 38.5 Å². The number of hydrogen-bond acceptors (Lipinski definition) is 3. The molecule has 15 heavy (non-hydrogen) atoms. The minimum absolute atomic E-state index is 0.701. The van der Waals surface area contributed by atoms with Crippen molar-refractivity contribution in [3.8, 4) is 0 Å². The maximum absolute atomic E-state index is 5.71. The number of ether oxygens (including phenoxy) is 1. The van der Waals surface area contributed by atoms with Gasteiger partial charge in [-0.15, -0.1) is 0 Å². The minimum Gasteiger partial charge on any atom is -0.381 e. The van der Waals surface area contributed by atoms with Crippen LogP contribution in [0.1, 0.15) is 32.6 Å². The molecule has 1 aliphatic rings. The van der Waals surface area contributed by atoms with E-state index in [2.05, 4.69) is 18.9 Å². The third kappa shape index (κ3) is 4.49. The Morgan fingerprint density at radius 2 is 2.07 bits per heavy atom. The Morgan fingerprint density at radius 1 is 1.40 bits per heavy atom. The molecule has 0 aromatic heterocycles. The van der Waals surface area contributed by atoms with Crippen LogP contribution in [-0.4, -0.2) is 44.3 Å². The van der Waals surface area contributed by atoms with Gasteiger partial charge in [0.2, 0.25) is 0 Å². The van der Waals surface area contributed by atoms with E-state index in [1.165, 1.54) is 32.2 Å². The summed E-state index contributed by atoms with van der Waals surface area (Å²) in [5.41, 5.74) is 5.71. The second-order valence-electron chi connectivity index (χ2n) is 4.62. The molecule has 0 aromatic rings. The quantitative estimate of drug-likeness (QED) is 0.728. The first-order chi connectivity index (χ1) is 7.27. The molecule has 1 saturated heterocycles. The molecule has 0 radical (unpaired) electrons. The van der Waals surface area contributed by atoms with Gasteiger partial charge >= 0.3 is 0 Å². The monoisotopic (exact) mass is 214 g/mol. The molecule has 1 fully saturated rings. The second kappa shape index (κ2) is 7.20. The van der Waals surface area contributed by atoms with Crippen LogP contribution in [0.3, 0.4) is 0 Å². The molecule has 0 aromatic carbocycles. The molecule has 90 valence electrons. The molecule has 3 nitrogen and oxygen atoms in total. The van der Waals surface area contributed by atoms with Crippen LogP contribution in [0.5, 0.6) is 0 Å². The zero-order valence-electron chi connectivity index (χ0n) is 10.2. The van der Waals surface area contributed by atoms with Gasteiger partial charge in [0.1, 0.15) is 0 Å². The van der Waals surface area contributed by atoms with Gasteiger partial charge in [-0.1, -0.05) is 13.3 Å². The molecule has 0 aliphatic carbocycles. The highest BCUT2D eigenvalue weighted by atomic mass is 16.5. The van der Waals surface area contributed by atoms with Crippen LogP contribution in [0.2, 0.25) is 0 Å². The average molecular weight is 214 g/mol. The summed E-state index contributed by atoms with van der Waals surface area (Å²) >= 11 is 0. The molecule has 0 bridgehead atoms. The molecule has 1 rings (SSSR count). The van der Waals surface area contributed by atoms with Crippen molar-refractivity contribution in [2.24, 2.45) is 11.7 Å². The molecule has 0 amide bonds. The van der Waals surface area contributed by atoms with E-state index < -0.39 is 0 Å². The van der Waals surface area contributed by atoms with Crippen molar-refractivity contribution in [3.05, 3.63) is 0 Å². The molecule has 2 N–H and O–H groups in total. The standard InChI is InChI=1S/C12H26N2O/c1-3-11(10-13)4-7-14(2)12-5-8-15-9-6-12/h11-12H,3-10,13H2,1-2H3. The number of nitrogens with zero attached hydrogens (tertiary/aromatic N) is 1. The Hall–Kier alpha value is -0.120. The van der Waals surface area contributed by atoms with Crippen molar-refractivity contribution >= 4 is 0 Å². The lowest BCUT2D eigenvalue weighted by Gasteiger charge is -2.32. The summed E-state index contributed by atoms with van der Waals surface area (Å²) in [6.07, 6.45) is 4.82. The van der Waals surface area contributed by atoms with E-state index in [-0.39, 0.29) is 0 Å². The highest BCUT2D eigenvalue weighted by molar-refractivity contribution is 4.72. The summed E-state index contributed by atoms with van der Waals surface area (Å²) in [4.78, 5) is 2.49. The van der Waals surface area contributed by atoms with Crippen LogP contribution in [-0.2, 0) is 4.74 Å². The molecule has 0 spiro atoms. The lowest BCUT2D eigenvalue weighted by atomic mass is 10.0. The van der Waals surface area contributed by atoms with Gasteiger partial charge in [0.15, 0.2) is 0 Å². The molecular formula is C12H26N2O. The lowest BCUT2D eigenvalue weighted by molar-refractivity contribution is 0.0415. The summed E-state index contributed by atoms with van der Waals surface area (Å²) in [6, 6.07) is 0.731. The van der Waals surface area contributed by atoms with E-state index in [1.807, 2.05) is 0 Å². The number of hydrogen-bond donors (Lipinski definition) is 1. The first-order valence-corrected chi connectivity index (χ1v) is 6.26. The Kier molecular flexibility index (Phi) is 6.22. The Labute approximate surface area is 94.0 Å². The smallest absolute Gasteiger partial charge is 0.0480 e. The zero-order valence-corrected chi connectivity index (χ0v) is 10.2. The van der Waals surface area contributed by atoms with E-state index >= 15 is 0 Å². The van der Waals surface area contributed by atoms with E-state index in [9.17, 15) is 0 Å². The van der Waals surface area contributed by atoms with E-state index in [1.54, 1.807) is 0 Å². The van der Waals surface area contributed by atoms with Crippen molar-refractivity contribution in [2.75, 3.05) is 33.4 Å². The zero-order chi connectivity index (χ0) is 11.1. The molecule has 1 aliphatic heterocycles. The van der Waals surface area contributed by atoms with Gasteiger partial charge in [0.05, 0.1) is 0 Å². The third-order valence-corrected chi connectivity index (χ3v) is 3.61. The van der Waals surface area contributed by atoms with Gasteiger partial charge in [-0.3, -0.25) is 0 Å². The van der Waals surface area contributed by atoms with Crippen LogP contribution in [0.4, 0.5) is 0 Å². The van der Waals surface area contributed by atoms with Crippen LogP contribution >= 0.6 is 0 Å². The molecule has 1 atom stereocenters. The van der Waals surface area contributed by atoms with Gasteiger partial charge in [-0.25, -0.2) is 0 Å². The van der Waals surface area contributed by atoms with Crippen LogP contribution in [0, 0.1) is 5.92 Å². The van der Waals surface area contributed by atoms with Crippen LogP contribution < -0.4 is 5.73 Å². The van der Waals surface area contributed by atoms with Crippen molar-refractivity contribution < 1.29 is 4.74 Å². The minimum atomic E-state index is 0.701. The molecule has 3 heteroatoms. The van der Waals surface area contributed by atoms with E-state index in [4.69, 9.17) is 10.5 Å². The fourth-order valence-electron chi connectivity index (χ4n) is 2.18. The Bertz CT molecular complexity index is 154. The fourth-order valence-corrected chi connectivity index (χ4v) is 2.18. The summed E-state index contributed by atoms with van der Waals surface area (Å²) in [5, 5.41) is 0. The summed E-state index contributed by atoms with van der Waals surface area (Å²) in [5.74, 6) is 0.701. The maximum atomic E-state index is 5.71. The van der Waals surface area contributed by atoms with E-state index in [0.29, 0.717) is 5.92 Å². The summed E-state index contributed by atoms with van der Waals surface area (Å²) in [7, 11) is 2.24. The normalized spacial score (nSPS) is 20.8. The highest BCUT2D eigenvalue weighted by Gasteiger charge is 2.18. The van der Waals surface area contributed by atoms with E-state index in [0.717, 1.165) is 25.8 Å². The lowest BCUT2D eigenvalue weighted by Crippen LogP contribution is -2.38. The molecule has 1 heterocycles. The van der Waals surface area contributed by atoms with Gasteiger partial charge in [-0.05, 0) is 45.3 Å². The highest BCUT2D eigenvalue weighted by Crippen LogP contribution is 2.15. The maximum Gasteiger partial charge on any atom is 0.0480 e. The Morgan fingerprint density at radius 3 is 2.60 bits per heavy atom. The van der Waals surface area contributed by atoms with Gasteiger partial charge in [0.25, 0.3) is 0 Å². The van der Waals surface area contributed by atoms with Crippen LogP contribution in [0.15, 0.2) is 0 Å². The predicted molar refractivity (Wildman–Crippen MR) is 63.9 cm³/mol. The third-order valence-electron chi connectivity index (χ3n) is 3.61. The SMILES string of the molecule is CCC(CN)CCN(C)C1CCOCC1. The van der Waals surface area contributed by atoms with Crippen molar-refractivity contribution in [2.45, 2.75) is 38.6 Å². The first-order valence-electron chi connectivity index (χ1n) is 6.26. The number of rotatable bonds is 6. The van der Waals surface area contributed by atoms with Gasteiger partial charge in [0, 0.05) is 19.3 Å². The summed E-state index contributed by atoms with van der Waals surface area (Å²) < 4.78 is 5.37. The predicted octanol–water partition coefficient (Wildman–Crippen LogP) is 1.47. The van der Waals surface area contributed by atoms with Crippen molar-refractivity contribution in [3.63, 3.8) is 0 Å². The largest absolute Gasteiger partial charge is 0.381 e. The molecular weight excluding hydrogens is 188 g/mol. The average Bonchev–Trinajstić information content (AvgIpc) is 2.31. The Balaban J connectivity index is 2.18. The van der Waals surface area contributed by atoms with Crippen LogP contribution in [0.25, 0.3) is 0 Å². The van der Waals surface area contributed by atoms with Crippen molar-refractivity contribution in [1.82, 2.24) is 4.90 Å². The first kappa shape index (κ1) is 12.9. The summed E-state index contributed by atoms with van der Waals surface area (Å²) in [6.45, 7) is 6.11. The van der Waals surface area contributed by atoms with Crippen molar-refractivity contribution in [1.29, 1.82) is 0 Å². The fraction of sp³-hybridized carbons (Fsp3) is 1.00. The second-order valence-corrected chi connectivity index (χ2v) is 4.62. The molecule has 1 unspecified atom stereocenters.